The van der Waals surface area contributed by atoms with E-state index in [9.17, 15) is 19.1 Å². The van der Waals surface area contributed by atoms with Crippen molar-refractivity contribution in [1.82, 2.24) is 4.98 Å². The molecule has 2 N–H and O–H groups in total. The van der Waals surface area contributed by atoms with Crippen molar-refractivity contribution >= 4 is 34.0 Å². The molecular formula is C29H25FN2O4. The molecule has 6 nitrogen and oxygen atoms in total. The van der Waals surface area contributed by atoms with E-state index >= 15 is 0 Å². The zero-order valence-electron chi connectivity index (χ0n) is 20.1. The first-order valence-corrected chi connectivity index (χ1v) is 11.6. The van der Waals surface area contributed by atoms with Gasteiger partial charge in [-0.3, -0.25) is 14.5 Å². The zero-order chi connectivity index (χ0) is 25.6. The van der Waals surface area contributed by atoms with Gasteiger partial charge in [0.15, 0.2) is 0 Å². The zero-order valence-corrected chi connectivity index (χ0v) is 20.1. The van der Waals surface area contributed by atoms with Gasteiger partial charge in [-0.1, -0.05) is 38.1 Å². The molecule has 3 aromatic carbocycles. The Morgan fingerprint density at radius 2 is 1.83 bits per heavy atom. The molecule has 1 saturated heterocycles. The number of para-hydroxylation sites is 1. The van der Waals surface area contributed by atoms with Gasteiger partial charge in [-0.05, 0) is 53.9 Å². The Balaban J connectivity index is 1.77. The minimum absolute atomic E-state index is 0.0612. The summed E-state index contributed by atoms with van der Waals surface area (Å²) in [4.78, 5) is 31.2. The molecule has 1 atom stereocenters. The average molecular weight is 485 g/mol. The maximum Gasteiger partial charge on any atom is 0.300 e. The first kappa shape index (κ1) is 23.4. The lowest BCUT2D eigenvalue weighted by molar-refractivity contribution is -0.132. The molecule has 5 rings (SSSR count). The molecule has 1 aliphatic heterocycles. The number of benzene rings is 3. The quantitative estimate of drug-likeness (QED) is 0.205. The average Bonchev–Trinajstić information content (AvgIpc) is 3.41. The number of Topliss-reactive ketones (excluding diaryl/α,β-unsaturated/α-hetero) is 1. The lowest BCUT2D eigenvalue weighted by Crippen LogP contribution is -2.29. The highest BCUT2D eigenvalue weighted by molar-refractivity contribution is 6.51. The second-order valence-electron chi connectivity index (χ2n) is 9.05. The molecule has 36 heavy (non-hydrogen) atoms. The maximum atomic E-state index is 14.2. The number of anilines is 1. The highest BCUT2D eigenvalue weighted by Crippen LogP contribution is 2.44. The number of ether oxygens (including phenoxy) is 1. The second-order valence-corrected chi connectivity index (χ2v) is 9.05. The van der Waals surface area contributed by atoms with Crippen molar-refractivity contribution in [2.45, 2.75) is 25.8 Å². The molecule has 0 spiro atoms. The number of aliphatic hydroxyl groups excluding tert-OH is 1. The third-order valence-electron chi connectivity index (χ3n) is 6.57. The van der Waals surface area contributed by atoms with Crippen LogP contribution < -0.4 is 9.64 Å². The number of methoxy groups -OCH3 is 1. The van der Waals surface area contributed by atoms with Crippen molar-refractivity contribution in [2.75, 3.05) is 12.0 Å². The number of hydrogen-bond donors (Lipinski definition) is 2. The molecular weight excluding hydrogens is 459 g/mol. The van der Waals surface area contributed by atoms with Crippen molar-refractivity contribution in [1.29, 1.82) is 0 Å². The summed E-state index contributed by atoms with van der Waals surface area (Å²) in [7, 11) is 1.57. The number of aromatic amines is 1. The van der Waals surface area contributed by atoms with Crippen LogP contribution in [0.15, 0.2) is 78.5 Å². The standard InChI is InChI=1S/C29H25FN2O4/c1-16(2)21-13-17(11-12-24(21)36-3)27(33)25-26(22-15-31-23-10-5-4-9-20(22)23)32(29(35)28(25)34)19-8-6-7-18(30)14-19/h4-16,26,31,33H,1-3H3/b27-25+. The Morgan fingerprint density at radius 1 is 1.06 bits per heavy atom. The van der Waals surface area contributed by atoms with Gasteiger partial charge < -0.3 is 14.8 Å². The summed E-state index contributed by atoms with van der Waals surface area (Å²) >= 11 is 0. The molecule has 1 aliphatic rings. The number of carbonyl (C=O) groups excluding carboxylic acids is 2. The van der Waals surface area contributed by atoms with Gasteiger partial charge in [0.2, 0.25) is 0 Å². The summed E-state index contributed by atoms with van der Waals surface area (Å²) < 4.78 is 19.6. The van der Waals surface area contributed by atoms with E-state index in [1.807, 2.05) is 38.1 Å². The molecule has 182 valence electrons. The van der Waals surface area contributed by atoms with Gasteiger partial charge in [0, 0.05) is 33.9 Å². The van der Waals surface area contributed by atoms with Crippen LogP contribution in [0, 0.1) is 5.82 Å². The Bertz CT molecular complexity index is 1540. The number of carbonyl (C=O) groups is 2. The Morgan fingerprint density at radius 3 is 2.56 bits per heavy atom. The van der Waals surface area contributed by atoms with Crippen molar-refractivity contribution in [3.63, 3.8) is 0 Å². The predicted molar refractivity (Wildman–Crippen MR) is 137 cm³/mol. The van der Waals surface area contributed by atoms with E-state index in [1.165, 1.54) is 23.1 Å². The summed E-state index contributed by atoms with van der Waals surface area (Å²) in [6.45, 7) is 3.99. The molecule has 0 bridgehead atoms. The van der Waals surface area contributed by atoms with E-state index in [0.717, 1.165) is 16.5 Å². The van der Waals surface area contributed by atoms with Gasteiger partial charge in [0.05, 0.1) is 18.7 Å². The van der Waals surface area contributed by atoms with Gasteiger partial charge in [0.1, 0.15) is 17.3 Å². The Labute approximate surface area is 207 Å². The molecule has 0 saturated carbocycles. The van der Waals surface area contributed by atoms with Crippen LogP contribution in [-0.4, -0.2) is 28.9 Å². The van der Waals surface area contributed by atoms with E-state index in [-0.39, 0.29) is 22.9 Å². The highest BCUT2D eigenvalue weighted by atomic mass is 19.1. The van der Waals surface area contributed by atoms with E-state index in [2.05, 4.69) is 4.98 Å². The lowest BCUT2D eigenvalue weighted by atomic mass is 9.93. The predicted octanol–water partition coefficient (Wildman–Crippen LogP) is 6.07. The molecule has 1 unspecified atom stereocenters. The number of aromatic nitrogens is 1. The Kier molecular flexibility index (Phi) is 5.84. The monoisotopic (exact) mass is 484 g/mol. The van der Waals surface area contributed by atoms with E-state index in [0.29, 0.717) is 16.9 Å². The van der Waals surface area contributed by atoms with Crippen molar-refractivity contribution in [3.05, 3.63) is 101 Å². The largest absolute Gasteiger partial charge is 0.507 e. The third-order valence-corrected chi connectivity index (χ3v) is 6.57. The fourth-order valence-electron chi connectivity index (χ4n) is 4.83. The van der Waals surface area contributed by atoms with Crippen molar-refractivity contribution < 1.29 is 23.8 Å². The number of aliphatic hydroxyl groups is 1. The maximum absolute atomic E-state index is 14.2. The van der Waals surface area contributed by atoms with Crippen LogP contribution in [0.3, 0.4) is 0 Å². The van der Waals surface area contributed by atoms with Crippen LogP contribution in [0.5, 0.6) is 5.75 Å². The molecule has 2 heterocycles. The molecule has 0 aliphatic carbocycles. The first-order valence-electron chi connectivity index (χ1n) is 11.6. The van der Waals surface area contributed by atoms with Crippen LogP contribution in [0.4, 0.5) is 10.1 Å². The van der Waals surface area contributed by atoms with Gasteiger partial charge in [0.25, 0.3) is 11.7 Å². The van der Waals surface area contributed by atoms with Gasteiger partial charge in [-0.2, -0.15) is 0 Å². The van der Waals surface area contributed by atoms with Crippen LogP contribution in [-0.2, 0) is 9.59 Å². The number of halogens is 1. The summed E-state index contributed by atoms with van der Waals surface area (Å²) in [5, 5.41) is 12.3. The van der Waals surface area contributed by atoms with Crippen molar-refractivity contribution in [2.24, 2.45) is 0 Å². The topological polar surface area (TPSA) is 82.6 Å². The van der Waals surface area contributed by atoms with E-state index < -0.39 is 23.5 Å². The minimum Gasteiger partial charge on any atom is -0.507 e. The van der Waals surface area contributed by atoms with Gasteiger partial charge in [-0.25, -0.2) is 4.39 Å². The first-order chi connectivity index (χ1) is 17.3. The number of H-pyrrole nitrogens is 1. The van der Waals surface area contributed by atoms with Gasteiger partial charge in [-0.15, -0.1) is 0 Å². The minimum atomic E-state index is -0.965. The number of fused-ring (bicyclic) bond motifs is 1. The van der Waals surface area contributed by atoms with Crippen LogP contribution >= 0.6 is 0 Å². The summed E-state index contributed by atoms with van der Waals surface area (Å²) in [6, 6.07) is 17.2. The Hall–Kier alpha value is -4.39. The fourth-order valence-corrected chi connectivity index (χ4v) is 4.83. The smallest absolute Gasteiger partial charge is 0.300 e. The summed E-state index contributed by atoms with van der Waals surface area (Å²) in [5.41, 5.74) is 2.83. The number of rotatable bonds is 5. The molecule has 1 fully saturated rings. The molecule has 4 aromatic rings. The summed E-state index contributed by atoms with van der Waals surface area (Å²) in [5.74, 6) is -1.76. The molecule has 1 amide bonds. The van der Waals surface area contributed by atoms with Crippen LogP contribution in [0.25, 0.3) is 16.7 Å². The normalized spacial score (nSPS) is 17.4. The number of nitrogens with one attached hydrogen (secondary N) is 1. The van der Waals surface area contributed by atoms with Crippen LogP contribution in [0.1, 0.15) is 42.5 Å². The fraction of sp³-hybridized carbons (Fsp3) is 0.172. The highest BCUT2D eigenvalue weighted by Gasteiger charge is 2.47. The van der Waals surface area contributed by atoms with Crippen molar-refractivity contribution in [3.8, 4) is 5.75 Å². The van der Waals surface area contributed by atoms with Crippen LogP contribution in [0.2, 0.25) is 0 Å². The molecule has 7 heteroatoms. The van der Waals surface area contributed by atoms with E-state index in [1.54, 1.807) is 37.6 Å². The number of amides is 1. The lowest BCUT2D eigenvalue weighted by Gasteiger charge is -2.25. The molecule has 0 radical (unpaired) electrons. The number of nitrogens with zero attached hydrogens (tertiary/aromatic N) is 1. The third kappa shape index (κ3) is 3.73. The second kappa shape index (κ2) is 9.00. The number of ketones is 1. The van der Waals surface area contributed by atoms with Gasteiger partial charge >= 0.3 is 0 Å². The van der Waals surface area contributed by atoms with E-state index in [4.69, 9.17) is 4.74 Å². The molecule has 1 aromatic heterocycles. The summed E-state index contributed by atoms with van der Waals surface area (Å²) in [6.07, 6.45) is 1.72. The number of hydrogen-bond acceptors (Lipinski definition) is 4. The SMILES string of the molecule is COc1ccc(/C(O)=C2\C(=O)C(=O)N(c3cccc(F)c3)C2c2c[nH]c3ccccc23)cc1C(C)C.